The Morgan fingerprint density at radius 2 is 1.83 bits per heavy atom. The minimum atomic E-state index is -3.06. The lowest BCUT2D eigenvalue weighted by Gasteiger charge is -2.35. The second-order valence-electron chi connectivity index (χ2n) is 10.1. The highest BCUT2D eigenvalue weighted by Gasteiger charge is 2.35. The molecule has 6 rings (SSSR count). The summed E-state index contributed by atoms with van der Waals surface area (Å²) >= 11 is 0. The molecule has 0 bridgehead atoms. The van der Waals surface area contributed by atoms with Crippen LogP contribution in [0.3, 0.4) is 0 Å². The summed E-state index contributed by atoms with van der Waals surface area (Å²) in [6.45, 7) is 5.71. The molecule has 1 amide bonds. The van der Waals surface area contributed by atoms with Crippen molar-refractivity contribution in [3.63, 3.8) is 0 Å². The van der Waals surface area contributed by atoms with E-state index in [1.54, 1.807) is 4.68 Å². The van der Waals surface area contributed by atoms with Gasteiger partial charge in [0.1, 0.15) is 0 Å². The number of carbonyl (C=O) groups excluding carboxylic acids is 1. The van der Waals surface area contributed by atoms with Crippen LogP contribution >= 0.6 is 0 Å². The lowest BCUT2D eigenvalue weighted by Crippen LogP contribution is -2.48. The van der Waals surface area contributed by atoms with Gasteiger partial charge in [-0.15, -0.1) is 0 Å². The molecule has 0 aromatic carbocycles. The Hall–Kier alpha value is -2.85. The van der Waals surface area contributed by atoms with Crippen LogP contribution in [-0.2, 0) is 16.4 Å². The Bertz CT molecular complexity index is 1380. The van der Waals surface area contributed by atoms with Gasteiger partial charge in [-0.1, -0.05) is 0 Å². The Balaban J connectivity index is 1.28. The number of fused-ring (bicyclic) bond motifs is 1. The summed E-state index contributed by atoms with van der Waals surface area (Å²) in [4.78, 5) is 27.1. The SMILES string of the molecule is Cc1nn([C@@H]2CCS(=O)(=O)C2)c2nc(C3CC3)cc(C(=O)N3CCN(Cc4ccncc4)CC3)c12. The predicted octanol–water partition coefficient (Wildman–Crippen LogP) is 2.33. The number of carbonyl (C=O) groups is 1. The number of rotatable bonds is 5. The van der Waals surface area contributed by atoms with Crippen molar-refractivity contribution in [3.8, 4) is 0 Å². The fourth-order valence-corrected chi connectivity index (χ4v) is 7.03. The highest BCUT2D eigenvalue weighted by atomic mass is 32.2. The van der Waals surface area contributed by atoms with E-state index in [9.17, 15) is 13.2 Å². The van der Waals surface area contributed by atoms with Crippen molar-refractivity contribution in [1.29, 1.82) is 0 Å². The zero-order valence-corrected chi connectivity index (χ0v) is 20.7. The van der Waals surface area contributed by atoms with Crippen molar-refractivity contribution in [3.05, 3.63) is 53.1 Å². The molecule has 1 atom stereocenters. The van der Waals surface area contributed by atoms with Crippen molar-refractivity contribution in [2.75, 3.05) is 37.7 Å². The first kappa shape index (κ1) is 22.6. The number of piperazine rings is 1. The van der Waals surface area contributed by atoms with Gasteiger partial charge in [0.15, 0.2) is 15.5 Å². The lowest BCUT2D eigenvalue weighted by atomic mass is 10.1. The van der Waals surface area contributed by atoms with E-state index < -0.39 is 9.84 Å². The van der Waals surface area contributed by atoms with E-state index in [0.29, 0.717) is 36.6 Å². The Labute approximate surface area is 205 Å². The Kier molecular flexibility index (Phi) is 5.60. The molecule has 1 saturated carbocycles. The Morgan fingerprint density at radius 1 is 1.09 bits per heavy atom. The van der Waals surface area contributed by atoms with Crippen molar-refractivity contribution < 1.29 is 13.2 Å². The first-order valence-corrected chi connectivity index (χ1v) is 14.2. The lowest BCUT2D eigenvalue weighted by molar-refractivity contribution is 0.0630. The van der Waals surface area contributed by atoms with Crippen molar-refractivity contribution >= 4 is 26.8 Å². The molecule has 0 unspecified atom stereocenters. The molecule has 2 aliphatic heterocycles. The van der Waals surface area contributed by atoms with Crippen LogP contribution in [0.15, 0.2) is 30.6 Å². The van der Waals surface area contributed by atoms with Gasteiger partial charge in [-0.05, 0) is 49.9 Å². The molecule has 0 radical (unpaired) electrons. The van der Waals surface area contributed by atoms with Crippen LogP contribution in [0.2, 0.25) is 0 Å². The van der Waals surface area contributed by atoms with Crippen molar-refractivity contribution in [1.82, 2.24) is 29.5 Å². The van der Waals surface area contributed by atoms with E-state index in [-0.39, 0.29) is 23.5 Å². The molecule has 1 aliphatic carbocycles. The average molecular weight is 495 g/mol. The van der Waals surface area contributed by atoms with Gasteiger partial charge < -0.3 is 4.90 Å². The van der Waals surface area contributed by atoms with Gasteiger partial charge in [0.2, 0.25) is 0 Å². The highest BCUT2D eigenvalue weighted by Crippen LogP contribution is 2.41. The first-order valence-electron chi connectivity index (χ1n) is 12.4. The number of sulfone groups is 1. The molecule has 3 aromatic heterocycles. The summed E-state index contributed by atoms with van der Waals surface area (Å²) in [5, 5.41) is 5.48. The maximum absolute atomic E-state index is 13.8. The molecule has 3 aliphatic rings. The number of aryl methyl sites for hydroxylation is 1. The fraction of sp³-hybridized carbons (Fsp3) is 0.520. The smallest absolute Gasteiger partial charge is 0.254 e. The van der Waals surface area contributed by atoms with Gasteiger partial charge in [-0.25, -0.2) is 18.1 Å². The third-order valence-electron chi connectivity index (χ3n) is 7.45. The zero-order chi connectivity index (χ0) is 24.2. The topological polar surface area (TPSA) is 101 Å². The van der Waals surface area contributed by atoms with Crippen LogP contribution in [-0.4, -0.2) is 81.6 Å². The molecule has 0 N–H and O–H groups in total. The molecule has 5 heterocycles. The maximum Gasteiger partial charge on any atom is 0.254 e. The summed E-state index contributed by atoms with van der Waals surface area (Å²) in [6, 6.07) is 5.80. The van der Waals surface area contributed by atoms with E-state index in [2.05, 4.69) is 9.88 Å². The second-order valence-corrected chi connectivity index (χ2v) is 12.3. The standard InChI is InChI=1S/C25H30N6O3S/c1-17-23-21(25(32)30-11-9-29(10-12-30)15-18-4-7-26-8-5-18)14-22(19-2-3-19)27-24(23)31(28-17)20-6-13-35(33,34)16-20/h4-5,7-8,14,19-20H,2-3,6,9-13,15-16H2,1H3/t20-/m1/s1. The van der Waals surface area contributed by atoms with E-state index in [1.807, 2.05) is 42.4 Å². The number of amides is 1. The van der Waals surface area contributed by atoms with Gasteiger partial charge in [0, 0.05) is 56.7 Å². The summed E-state index contributed by atoms with van der Waals surface area (Å²) < 4.78 is 26.1. The molecule has 35 heavy (non-hydrogen) atoms. The molecule has 10 heteroatoms. The van der Waals surface area contributed by atoms with Crippen LogP contribution in [0, 0.1) is 6.92 Å². The first-order chi connectivity index (χ1) is 16.9. The summed E-state index contributed by atoms with van der Waals surface area (Å²) in [6.07, 6.45) is 6.31. The average Bonchev–Trinajstić information content (AvgIpc) is 3.57. The van der Waals surface area contributed by atoms with E-state index in [1.165, 1.54) is 5.56 Å². The summed E-state index contributed by atoms with van der Waals surface area (Å²) in [7, 11) is -3.06. The summed E-state index contributed by atoms with van der Waals surface area (Å²) in [5.41, 5.74) is 4.21. The van der Waals surface area contributed by atoms with Crippen LogP contribution in [0.1, 0.15) is 58.5 Å². The minimum Gasteiger partial charge on any atom is -0.336 e. The number of hydrogen-bond donors (Lipinski definition) is 0. The molecule has 9 nitrogen and oxygen atoms in total. The molecule has 3 fully saturated rings. The van der Waals surface area contributed by atoms with Gasteiger partial charge in [-0.3, -0.25) is 14.7 Å². The van der Waals surface area contributed by atoms with Gasteiger partial charge in [0.25, 0.3) is 5.91 Å². The van der Waals surface area contributed by atoms with E-state index in [4.69, 9.17) is 10.1 Å². The molecular formula is C25H30N6O3S. The maximum atomic E-state index is 13.8. The third kappa shape index (κ3) is 4.45. The van der Waals surface area contributed by atoms with Crippen molar-refractivity contribution in [2.24, 2.45) is 0 Å². The largest absolute Gasteiger partial charge is 0.336 e. The minimum absolute atomic E-state index is 0.0181. The zero-order valence-electron chi connectivity index (χ0n) is 19.9. The highest BCUT2D eigenvalue weighted by molar-refractivity contribution is 7.91. The number of hydrogen-bond acceptors (Lipinski definition) is 7. The normalized spacial score (nSPS) is 22.7. The summed E-state index contributed by atoms with van der Waals surface area (Å²) in [5.74, 6) is 0.653. The van der Waals surface area contributed by atoms with Gasteiger partial charge >= 0.3 is 0 Å². The monoisotopic (exact) mass is 494 g/mol. The van der Waals surface area contributed by atoms with Crippen LogP contribution in [0.5, 0.6) is 0 Å². The Morgan fingerprint density at radius 3 is 2.49 bits per heavy atom. The number of nitrogens with zero attached hydrogens (tertiary/aromatic N) is 6. The molecule has 0 spiro atoms. The second kappa shape index (κ2) is 8.67. The predicted molar refractivity (Wildman–Crippen MR) is 132 cm³/mol. The van der Waals surface area contributed by atoms with Gasteiger partial charge in [0.05, 0.1) is 34.2 Å². The van der Waals surface area contributed by atoms with Crippen LogP contribution < -0.4 is 0 Å². The molecule has 184 valence electrons. The molecule has 2 saturated heterocycles. The van der Waals surface area contributed by atoms with Gasteiger partial charge in [-0.2, -0.15) is 5.10 Å². The molecule has 3 aromatic rings. The number of aromatic nitrogens is 4. The van der Waals surface area contributed by atoms with E-state index >= 15 is 0 Å². The van der Waals surface area contributed by atoms with Crippen molar-refractivity contribution in [2.45, 2.75) is 44.7 Å². The fourth-order valence-electron chi connectivity index (χ4n) is 5.34. The quantitative estimate of drug-likeness (QED) is 0.537. The van der Waals surface area contributed by atoms with Crippen LogP contribution in [0.4, 0.5) is 0 Å². The number of pyridine rings is 2. The third-order valence-corrected chi connectivity index (χ3v) is 9.20. The van der Waals surface area contributed by atoms with E-state index in [0.717, 1.165) is 49.2 Å². The van der Waals surface area contributed by atoms with Crippen LogP contribution in [0.25, 0.3) is 11.0 Å². The molecular weight excluding hydrogens is 464 g/mol.